The molecule has 0 atom stereocenters. The molecule has 1 saturated heterocycles. The van der Waals surface area contributed by atoms with Gasteiger partial charge in [-0.1, -0.05) is 13.8 Å². The molecule has 0 N–H and O–H groups in total. The Labute approximate surface area is 205 Å². The average Bonchev–Trinajstić information content (AvgIpc) is 3.30. The number of fused-ring (bicyclic) bond motifs is 1. The van der Waals surface area contributed by atoms with Crippen LogP contribution in [0.3, 0.4) is 0 Å². The van der Waals surface area contributed by atoms with Crippen molar-refractivity contribution in [3.05, 3.63) is 42.4 Å². The normalized spacial score (nSPS) is 13.9. The zero-order valence-electron chi connectivity index (χ0n) is 20.6. The summed E-state index contributed by atoms with van der Waals surface area (Å²) in [6, 6.07) is 8.12. The number of piperazine rings is 1. The van der Waals surface area contributed by atoms with Gasteiger partial charge < -0.3 is 19.3 Å². The molecule has 0 radical (unpaired) electrons. The van der Waals surface area contributed by atoms with Gasteiger partial charge in [-0.2, -0.15) is 10.4 Å². The Morgan fingerprint density at radius 2 is 1.97 bits per heavy atom. The summed E-state index contributed by atoms with van der Waals surface area (Å²) in [4.78, 5) is 21.3. The number of carbonyl (C=O) groups excluding carboxylic acids is 1. The summed E-state index contributed by atoms with van der Waals surface area (Å²) >= 11 is 0. The van der Waals surface area contributed by atoms with E-state index >= 15 is 0 Å². The largest absolute Gasteiger partial charge is 0.490 e. The van der Waals surface area contributed by atoms with Gasteiger partial charge in [0.05, 0.1) is 30.1 Å². The van der Waals surface area contributed by atoms with Crippen molar-refractivity contribution in [3.8, 4) is 22.9 Å². The highest BCUT2D eigenvalue weighted by Gasteiger charge is 2.22. The van der Waals surface area contributed by atoms with Gasteiger partial charge in [0.15, 0.2) is 0 Å². The van der Waals surface area contributed by atoms with Crippen LogP contribution in [0.4, 0.5) is 5.82 Å². The van der Waals surface area contributed by atoms with Crippen LogP contribution >= 0.6 is 0 Å². The van der Waals surface area contributed by atoms with Crippen LogP contribution in [0.15, 0.2) is 36.8 Å². The quantitative estimate of drug-likeness (QED) is 0.437. The lowest BCUT2D eigenvalue weighted by atomic mass is 10.1. The van der Waals surface area contributed by atoms with Crippen LogP contribution in [0.25, 0.3) is 16.6 Å². The first-order valence-corrected chi connectivity index (χ1v) is 12.0. The van der Waals surface area contributed by atoms with Crippen molar-refractivity contribution in [2.75, 3.05) is 51.4 Å². The molecule has 4 rings (SSSR count). The summed E-state index contributed by atoms with van der Waals surface area (Å²) in [6.07, 6.45) is 6.68. The third-order valence-corrected chi connectivity index (χ3v) is 6.21. The number of nitrogens with zero attached hydrogens (tertiary/aromatic N) is 6. The van der Waals surface area contributed by atoms with Crippen molar-refractivity contribution in [2.45, 2.75) is 26.7 Å². The van der Waals surface area contributed by atoms with Gasteiger partial charge in [-0.25, -0.2) is 9.50 Å². The van der Waals surface area contributed by atoms with E-state index in [1.807, 2.05) is 29.3 Å². The predicted molar refractivity (Wildman–Crippen MR) is 133 cm³/mol. The van der Waals surface area contributed by atoms with Crippen molar-refractivity contribution in [1.29, 1.82) is 5.26 Å². The van der Waals surface area contributed by atoms with E-state index in [4.69, 9.17) is 14.5 Å². The minimum Gasteiger partial charge on any atom is -0.490 e. The molecule has 9 heteroatoms. The molecule has 0 saturated carbocycles. The smallest absolute Gasteiger partial charge is 0.222 e. The first-order chi connectivity index (χ1) is 17.0. The number of hydrogen-bond acceptors (Lipinski definition) is 7. The highest BCUT2D eigenvalue weighted by atomic mass is 16.5. The summed E-state index contributed by atoms with van der Waals surface area (Å²) in [5.74, 6) is 2.29. The summed E-state index contributed by atoms with van der Waals surface area (Å²) in [5, 5.41) is 13.9. The molecule has 1 aliphatic rings. The first kappa shape index (κ1) is 24.5. The number of pyridine rings is 2. The summed E-state index contributed by atoms with van der Waals surface area (Å²) in [7, 11) is 1.63. The molecular formula is C26H32N6O3. The summed E-state index contributed by atoms with van der Waals surface area (Å²) < 4.78 is 12.5. The van der Waals surface area contributed by atoms with Gasteiger partial charge in [-0.3, -0.25) is 4.79 Å². The lowest BCUT2D eigenvalue weighted by Crippen LogP contribution is -2.49. The number of rotatable bonds is 9. The molecule has 0 spiro atoms. The summed E-state index contributed by atoms with van der Waals surface area (Å²) in [5.41, 5.74) is 2.91. The molecular weight excluding hydrogens is 444 g/mol. The van der Waals surface area contributed by atoms with Gasteiger partial charge in [-0.15, -0.1) is 0 Å². The van der Waals surface area contributed by atoms with E-state index in [0.29, 0.717) is 50.0 Å². The molecule has 0 bridgehead atoms. The van der Waals surface area contributed by atoms with Crippen LogP contribution in [0.2, 0.25) is 0 Å². The van der Waals surface area contributed by atoms with Gasteiger partial charge in [0.2, 0.25) is 5.91 Å². The number of amides is 1. The molecule has 9 nitrogen and oxygen atoms in total. The second kappa shape index (κ2) is 11.2. The van der Waals surface area contributed by atoms with E-state index in [9.17, 15) is 10.1 Å². The molecule has 4 heterocycles. The second-order valence-corrected chi connectivity index (χ2v) is 9.10. The van der Waals surface area contributed by atoms with Crippen LogP contribution in [-0.4, -0.2) is 71.9 Å². The van der Waals surface area contributed by atoms with E-state index in [1.165, 1.54) is 0 Å². The maximum Gasteiger partial charge on any atom is 0.222 e. The molecule has 0 aromatic carbocycles. The third kappa shape index (κ3) is 5.72. The minimum atomic E-state index is 0.243. The fourth-order valence-electron chi connectivity index (χ4n) is 4.21. The number of aromatic nitrogens is 3. The third-order valence-electron chi connectivity index (χ3n) is 6.21. The zero-order valence-corrected chi connectivity index (χ0v) is 20.6. The Morgan fingerprint density at radius 1 is 1.17 bits per heavy atom. The Hall–Kier alpha value is -3.64. The molecule has 3 aromatic rings. The standard InChI is InChI=1S/C26H32N6O3/c1-19(2)4-7-25(33)31-10-8-30(9-11-31)24-6-5-20(16-28-24)23-14-22(35-13-12-34-3)18-32-26(23)21(15-27)17-29-32/h5-6,14,16-19H,4,7-13H2,1-3H3. The van der Waals surface area contributed by atoms with Gasteiger partial charge in [0.25, 0.3) is 0 Å². The van der Waals surface area contributed by atoms with Crippen LogP contribution in [0.5, 0.6) is 5.75 Å². The Balaban J connectivity index is 1.50. The molecule has 0 aliphatic carbocycles. The monoisotopic (exact) mass is 476 g/mol. The first-order valence-electron chi connectivity index (χ1n) is 12.0. The van der Waals surface area contributed by atoms with E-state index in [1.54, 1.807) is 24.0 Å². The molecule has 0 unspecified atom stereocenters. The van der Waals surface area contributed by atoms with Crippen molar-refractivity contribution < 1.29 is 14.3 Å². The zero-order chi connectivity index (χ0) is 24.8. The number of nitriles is 1. The van der Waals surface area contributed by atoms with Crippen molar-refractivity contribution in [1.82, 2.24) is 19.5 Å². The number of ether oxygens (including phenoxy) is 2. The number of anilines is 1. The molecule has 184 valence electrons. The number of methoxy groups -OCH3 is 1. The van der Waals surface area contributed by atoms with Crippen LogP contribution < -0.4 is 9.64 Å². The van der Waals surface area contributed by atoms with Crippen LogP contribution in [0, 0.1) is 17.2 Å². The van der Waals surface area contributed by atoms with Crippen LogP contribution in [0.1, 0.15) is 32.3 Å². The van der Waals surface area contributed by atoms with E-state index in [-0.39, 0.29) is 5.91 Å². The second-order valence-electron chi connectivity index (χ2n) is 9.10. The Morgan fingerprint density at radius 3 is 2.63 bits per heavy atom. The van der Waals surface area contributed by atoms with Crippen LogP contribution in [-0.2, 0) is 9.53 Å². The SMILES string of the molecule is COCCOc1cc(-c2ccc(N3CCN(C(=O)CCC(C)C)CC3)nc2)c2c(C#N)cnn2c1. The lowest BCUT2D eigenvalue weighted by Gasteiger charge is -2.35. The molecule has 1 amide bonds. The van der Waals surface area contributed by atoms with E-state index in [2.05, 4.69) is 29.9 Å². The lowest BCUT2D eigenvalue weighted by molar-refractivity contribution is -0.131. The van der Waals surface area contributed by atoms with Gasteiger partial charge in [-0.05, 0) is 30.5 Å². The highest BCUT2D eigenvalue weighted by Crippen LogP contribution is 2.31. The maximum atomic E-state index is 12.4. The van der Waals surface area contributed by atoms with Gasteiger partial charge in [0, 0.05) is 57.0 Å². The molecule has 3 aromatic heterocycles. The van der Waals surface area contributed by atoms with E-state index < -0.39 is 0 Å². The average molecular weight is 477 g/mol. The van der Waals surface area contributed by atoms with Crippen molar-refractivity contribution in [3.63, 3.8) is 0 Å². The maximum absolute atomic E-state index is 12.4. The topological polar surface area (TPSA) is 96.0 Å². The molecule has 35 heavy (non-hydrogen) atoms. The van der Waals surface area contributed by atoms with Crippen molar-refractivity contribution in [2.24, 2.45) is 5.92 Å². The number of carbonyl (C=O) groups is 1. The highest BCUT2D eigenvalue weighted by molar-refractivity contribution is 5.85. The molecule has 1 aliphatic heterocycles. The Kier molecular flexibility index (Phi) is 7.83. The van der Waals surface area contributed by atoms with E-state index in [0.717, 1.165) is 42.0 Å². The van der Waals surface area contributed by atoms with Gasteiger partial charge in [0.1, 0.15) is 24.2 Å². The molecule has 1 fully saturated rings. The fourth-order valence-corrected chi connectivity index (χ4v) is 4.21. The predicted octanol–water partition coefficient (Wildman–Crippen LogP) is 3.38. The summed E-state index contributed by atoms with van der Waals surface area (Å²) in [6.45, 7) is 8.11. The van der Waals surface area contributed by atoms with Crippen molar-refractivity contribution >= 4 is 17.2 Å². The minimum absolute atomic E-state index is 0.243. The number of hydrogen-bond donors (Lipinski definition) is 0. The fraction of sp³-hybridized carbons (Fsp3) is 0.462. The van der Waals surface area contributed by atoms with Gasteiger partial charge >= 0.3 is 0 Å². The Bertz CT molecular complexity index is 1190.